The number of aryl methyl sites for hydroxylation is 1. The third kappa shape index (κ3) is 4.05. The molecule has 0 aliphatic carbocycles. The molecule has 0 aliphatic heterocycles. The van der Waals surface area contributed by atoms with Crippen LogP contribution >= 0.6 is 0 Å². The Morgan fingerprint density at radius 1 is 1.14 bits per heavy atom. The van der Waals surface area contributed by atoms with Gasteiger partial charge in [0.2, 0.25) is 0 Å². The zero-order valence-electron chi connectivity index (χ0n) is 12.8. The van der Waals surface area contributed by atoms with Crippen LogP contribution in [-0.2, 0) is 0 Å². The minimum absolute atomic E-state index is 0.161. The van der Waals surface area contributed by atoms with Crippen molar-refractivity contribution in [3.8, 4) is 11.5 Å². The average molecular weight is 287 g/mol. The highest BCUT2D eigenvalue weighted by molar-refractivity contribution is 5.40. The largest absolute Gasteiger partial charge is 0.454 e. The summed E-state index contributed by atoms with van der Waals surface area (Å²) >= 11 is 0. The predicted octanol–water partition coefficient (Wildman–Crippen LogP) is 4.99. The molecule has 0 spiro atoms. The van der Waals surface area contributed by atoms with Crippen LogP contribution in [0.4, 0.5) is 4.39 Å². The van der Waals surface area contributed by atoms with E-state index in [9.17, 15) is 4.39 Å². The van der Waals surface area contributed by atoms with Gasteiger partial charge in [-0.15, -0.1) is 0 Å². The summed E-state index contributed by atoms with van der Waals surface area (Å²) in [6, 6.07) is 12.8. The van der Waals surface area contributed by atoms with Crippen molar-refractivity contribution in [3.63, 3.8) is 0 Å². The average Bonchev–Trinajstić information content (AvgIpc) is 2.49. The zero-order valence-corrected chi connectivity index (χ0v) is 12.8. The first-order valence-corrected chi connectivity index (χ1v) is 7.38. The van der Waals surface area contributed by atoms with E-state index in [4.69, 9.17) is 4.74 Å². The lowest BCUT2D eigenvalue weighted by molar-refractivity contribution is 0.428. The molecular weight excluding hydrogens is 265 g/mol. The second kappa shape index (κ2) is 7.23. The maximum absolute atomic E-state index is 13.9. The lowest BCUT2D eigenvalue weighted by Gasteiger charge is -2.18. The molecule has 2 aromatic rings. The Morgan fingerprint density at radius 3 is 2.67 bits per heavy atom. The summed E-state index contributed by atoms with van der Waals surface area (Å²) in [7, 11) is 0. The number of benzene rings is 2. The number of hydrogen-bond donors (Lipinski definition) is 1. The van der Waals surface area contributed by atoms with Crippen molar-refractivity contribution in [2.24, 2.45) is 0 Å². The number of nitrogens with one attached hydrogen (secondary N) is 1. The van der Waals surface area contributed by atoms with Crippen LogP contribution in [0.25, 0.3) is 0 Å². The van der Waals surface area contributed by atoms with Crippen molar-refractivity contribution in [2.75, 3.05) is 6.54 Å². The SMILES string of the molecule is CCCNC(C)c1ccccc1Oc1cc(C)ccc1F. The summed E-state index contributed by atoms with van der Waals surface area (Å²) in [5.41, 5.74) is 2.01. The highest BCUT2D eigenvalue weighted by Gasteiger charge is 2.13. The molecule has 2 nitrogen and oxygen atoms in total. The molecule has 0 radical (unpaired) electrons. The molecule has 0 saturated heterocycles. The van der Waals surface area contributed by atoms with Gasteiger partial charge in [0, 0.05) is 11.6 Å². The Morgan fingerprint density at radius 2 is 1.90 bits per heavy atom. The smallest absolute Gasteiger partial charge is 0.165 e. The van der Waals surface area contributed by atoms with E-state index < -0.39 is 0 Å². The van der Waals surface area contributed by atoms with E-state index in [1.54, 1.807) is 12.1 Å². The topological polar surface area (TPSA) is 21.3 Å². The van der Waals surface area contributed by atoms with E-state index in [0.29, 0.717) is 5.75 Å². The fourth-order valence-electron chi connectivity index (χ4n) is 2.21. The predicted molar refractivity (Wildman–Crippen MR) is 84.4 cm³/mol. The van der Waals surface area contributed by atoms with Crippen molar-refractivity contribution < 1.29 is 9.13 Å². The standard InChI is InChI=1S/C18H22FNO/c1-4-11-20-14(3)15-7-5-6-8-17(15)21-18-12-13(2)9-10-16(18)19/h5-10,12,14,20H,4,11H2,1-3H3. The first kappa shape index (κ1) is 15.5. The molecule has 0 saturated carbocycles. The molecule has 21 heavy (non-hydrogen) atoms. The molecule has 1 unspecified atom stereocenters. The lowest BCUT2D eigenvalue weighted by Crippen LogP contribution is -2.19. The van der Waals surface area contributed by atoms with Gasteiger partial charge >= 0.3 is 0 Å². The number of ether oxygens (including phenoxy) is 1. The molecule has 2 rings (SSSR count). The highest BCUT2D eigenvalue weighted by Crippen LogP contribution is 2.31. The van der Waals surface area contributed by atoms with Crippen LogP contribution in [0.3, 0.4) is 0 Å². The first-order chi connectivity index (χ1) is 10.1. The summed E-state index contributed by atoms with van der Waals surface area (Å²) in [5, 5.41) is 3.43. The van der Waals surface area contributed by atoms with Gasteiger partial charge in [0.25, 0.3) is 0 Å². The van der Waals surface area contributed by atoms with Crippen molar-refractivity contribution >= 4 is 0 Å². The van der Waals surface area contributed by atoms with Gasteiger partial charge in [0.05, 0.1) is 0 Å². The van der Waals surface area contributed by atoms with Crippen LogP contribution in [-0.4, -0.2) is 6.54 Å². The fourth-order valence-corrected chi connectivity index (χ4v) is 2.21. The minimum atomic E-state index is -0.343. The summed E-state index contributed by atoms with van der Waals surface area (Å²) < 4.78 is 19.7. The number of rotatable bonds is 6. The van der Waals surface area contributed by atoms with Crippen molar-refractivity contribution in [2.45, 2.75) is 33.2 Å². The van der Waals surface area contributed by atoms with Gasteiger partial charge in [0.15, 0.2) is 11.6 Å². The number of para-hydroxylation sites is 1. The van der Waals surface area contributed by atoms with Crippen LogP contribution < -0.4 is 10.1 Å². The lowest BCUT2D eigenvalue weighted by atomic mass is 10.1. The summed E-state index contributed by atoms with van der Waals surface area (Å²) in [5.74, 6) is 0.618. The van der Waals surface area contributed by atoms with E-state index in [0.717, 1.165) is 24.1 Å². The maximum atomic E-state index is 13.9. The molecule has 2 aromatic carbocycles. The number of halogens is 1. The molecule has 1 N–H and O–H groups in total. The van der Waals surface area contributed by atoms with E-state index >= 15 is 0 Å². The van der Waals surface area contributed by atoms with Gasteiger partial charge in [-0.3, -0.25) is 0 Å². The molecule has 1 atom stereocenters. The Balaban J connectivity index is 2.25. The number of hydrogen-bond acceptors (Lipinski definition) is 2. The van der Waals surface area contributed by atoms with Crippen molar-refractivity contribution in [1.29, 1.82) is 0 Å². The van der Waals surface area contributed by atoms with E-state index in [2.05, 4.69) is 19.2 Å². The van der Waals surface area contributed by atoms with E-state index in [-0.39, 0.29) is 17.6 Å². The van der Waals surface area contributed by atoms with Crippen LogP contribution in [0.2, 0.25) is 0 Å². The normalized spacial score (nSPS) is 12.2. The molecule has 0 aromatic heterocycles. The Kier molecular flexibility index (Phi) is 5.34. The Labute approximate surface area is 126 Å². The third-order valence-corrected chi connectivity index (χ3v) is 3.39. The molecule has 0 heterocycles. The quantitative estimate of drug-likeness (QED) is 0.808. The summed E-state index contributed by atoms with van der Waals surface area (Å²) in [6.07, 6.45) is 1.07. The van der Waals surface area contributed by atoms with Gasteiger partial charge in [-0.05, 0) is 50.6 Å². The van der Waals surface area contributed by atoms with Crippen molar-refractivity contribution in [1.82, 2.24) is 5.32 Å². The van der Waals surface area contributed by atoms with E-state index in [1.165, 1.54) is 6.07 Å². The minimum Gasteiger partial charge on any atom is -0.454 e. The van der Waals surface area contributed by atoms with Gasteiger partial charge < -0.3 is 10.1 Å². The molecule has 112 valence electrons. The molecular formula is C18H22FNO. The highest BCUT2D eigenvalue weighted by atomic mass is 19.1. The van der Waals surface area contributed by atoms with Gasteiger partial charge in [0.1, 0.15) is 5.75 Å². The molecule has 0 fully saturated rings. The Bertz CT molecular complexity index is 598. The maximum Gasteiger partial charge on any atom is 0.165 e. The molecule has 0 bridgehead atoms. The second-order valence-electron chi connectivity index (χ2n) is 5.25. The van der Waals surface area contributed by atoms with Crippen LogP contribution in [0.1, 0.15) is 37.4 Å². The molecule has 0 aliphatic rings. The van der Waals surface area contributed by atoms with E-state index in [1.807, 2.05) is 31.2 Å². The molecule has 3 heteroatoms. The van der Waals surface area contributed by atoms with Crippen LogP contribution in [0.15, 0.2) is 42.5 Å². The van der Waals surface area contributed by atoms with Gasteiger partial charge in [-0.25, -0.2) is 4.39 Å². The third-order valence-electron chi connectivity index (χ3n) is 3.39. The fraction of sp³-hybridized carbons (Fsp3) is 0.333. The molecule has 0 amide bonds. The van der Waals surface area contributed by atoms with Crippen molar-refractivity contribution in [3.05, 3.63) is 59.4 Å². The van der Waals surface area contributed by atoms with Crippen LogP contribution in [0, 0.1) is 12.7 Å². The summed E-state index contributed by atoms with van der Waals surface area (Å²) in [4.78, 5) is 0. The summed E-state index contributed by atoms with van der Waals surface area (Å²) in [6.45, 7) is 7.08. The first-order valence-electron chi connectivity index (χ1n) is 7.38. The monoisotopic (exact) mass is 287 g/mol. The van der Waals surface area contributed by atoms with Gasteiger partial charge in [-0.2, -0.15) is 0 Å². The zero-order chi connectivity index (χ0) is 15.2. The van der Waals surface area contributed by atoms with Crippen LogP contribution in [0.5, 0.6) is 11.5 Å². The second-order valence-corrected chi connectivity index (χ2v) is 5.25. The Hall–Kier alpha value is -1.87. The van der Waals surface area contributed by atoms with Gasteiger partial charge in [-0.1, -0.05) is 31.2 Å².